The quantitative estimate of drug-likeness (QED) is 0.180. The number of nitrogens with zero attached hydrogens (tertiary/aromatic N) is 2. The van der Waals surface area contributed by atoms with E-state index in [1.165, 1.54) is 95.1 Å². The summed E-state index contributed by atoms with van der Waals surface area (Å²) in [6.45, 7) is 6.14. The Morgan fingerprint density at radius 1 is 0.536 bits per heavy atom. The molecule has 69 heavy (non-hydrogen) atoms. The Hall–Kier alpha value is -4.49. The number of nitrogens with one attached hydrogen (secondary N) is 1. The fourth-order valence-corrected chi connectivity index (χ4v) is 12.7. The van der Waals surface area contributed by atoms with Crippen molar-refractivity contribution in [3.05, 3.63) is 88.0 Å². The van der Waals surface area contributed by atoms with E-state index in [1.54, 1.807) is 0 Å². The first kappa shape index (κ1) is 49.5. The number of rotatable bonds is 6. The third kappa shape index (κ3) is 11.7. The van der Waals surface area contributed by atoms with Crippen LogP contribution in [0.4, 0.5) is 0 Å². The van der Waals surface area contributed by atoms with E-state index in [4.69, 9.17) is 28.8 Å². The van der Waals surface area contributed by atoms with Gasteiger partial charge >= 0.3 is 11.9 Å². The lowest BCUT2D eigenvalue weighted by Crippen LogP contribution is -2.52. The van der Waals surface area contributed by atoms with Crippen LogP contribution in [0.25, 0.3) is 0 Å². The van der Waals surface area contributed by atoms with Crippen molar-refractivity contribution in [2.75, 3.05) is 60.1 Å². The fraction of sp³-hybridized carbons (Fsp3) is 0.632. The summed E-state index contributed by atoms with van der Waals surface area (Å²) in [4.78, 5) is 40.5. The number of hydrogen-bond acceptors (Lipinski definition) is 12. The summed E-state index contributed by atoms with van der Waals surface area (Å²) < 4.78 is 28.8. The SMILES string of the molecule is COC(=O)c1ccc2c(c1)OC1(CC2)CCN(C2CCCCC2)CC1.COC(=O)c1ccc2c(c1)OC1(CCNCC1)CC2.O=C(CO)c1ccc2c(c1)OC1(CC2)CCN(C2CCCCC2)CC1. The molecular formula is C57H77N3O9. The first-order chi connectivity index (χ1) is 33.6. The zero-order valence-corrected chi connectivity index (χ0v) is 41.5. The zero-order chi connectivity index (χ0) is 47.9. The maximum absolute atomic E-state index is 11.8. The highest BCUT2D eigenvalue weighted by Gasteiger charge is 2.43. The van der Waals surface area contributed by atoms with E-state index < -0.39 is 6.61 Å². The van der Waals surface area contributed by atoms with Crippen LogP contribution in [-0.4, -0.2) is 122 Å². The molecule has 2 N–H and O–H groups in total. The van der Waals surface area contributed by atoms with Crippen LogP contribution in [0.3, 0.4) is 0 Å². The number of carbonyl (C=O) groups excluding carboxylic acids is 3. The van der Waals surface area contributed by atoms with Crippen LogP contribution in [0.5, 0.6) is 17.2 Å². The summed E-state index contributed by atoms with van der Waals surface area (Å²) >= 11 is 0. The van der Waals surface area contributed by atoms with Gasteiger partial charge in [-0.15, -0.1) is 0 Å². The number of fused-ring (bicyclic) bond motifs is 3. The molecule has 12 nitrogen and oxygen atoms in total. The standard InChI is InChI=1S/2C21H29NO3.C15H19NO3/c1-24-20(23)17-8-7-16-9-10-21(25-19(16)15-17)11-13-22(14-12-21)18-5-3-2-4-6-18;23-15-19(24)17-7-6-16-8-9-21(25-20(16)14-17)10-12-22(13-11-21)18-4-2-1-3-5-18;1-18-14(17)12-3-2-11-4-5-15(19-13(11)10-12)6-8-16-9-7-15/h7-8,15,18H,2-6,9-14H2,1H3;6-7,14,18,23H,1-5,8-13,15H2;2-3,10,16H,4-9H2,1H3. The van der Waals surface area contributed by atoms with Crippen molar-refractivity contribution in [3.63, 3.8) is 0 Å². The number of Topliss-reactive ketones (excluding diaryl/α,β-unsaturated/α-hetero) is 1. The molecule has 0 unspecified atom stereocenters. The van der Waals surface area contributed by atoms with Crippen molar-refractivity contribution >= 4 is 17.7 Å². The topological polar surface area (TPSA) is 136 Å². The lowest BCUT2D eigenvalue weighted by atomic mass is 9.81. The van der Waals surface area contributed by atoms with Gasteiger partial charge in [0.15, 0.2) is 5.78 Å². The van der Waals surface area contributed by atoms with E-state index in [0.717, 1.165) is 146 Å². The predicted molar refractivity (Wildman–Crippen MR) is 266 cm³/mol. The molecule has 0 aromatic heterocycles. The molecule has 5 fully saturated rings. The summed E-state index contributed by atoms with van der Waals surface area (Å²) in [5.74, 6) is 1.76. The molecule has 6 heterocycles. The molecular weight excluding hydrogens is 871 g/mol. The van der Waals surface area contributed by atoms with E-state index in [0.29, 0.717) is 16.7 Å². The average molecular weight is 948 g/mol. The molecule has 6 aliphatic heterocycles. The minimum absolute atomic E-state index is 0.0347. The Morgan fingerprint density at radius 2 is 0.899 bits per heavy atom. The van der Waals surface area contributed by atoms with Gasteiger partial charge < -0.3 is 43.9 Å². The minimum atomic E-state index is -0.444. The number of esters is 2. The number of ketones is 1. The van der Waals surface area contributed by atoms with Gasteiger partial charge in [0.1, 0.15) is 40.7 Å². The molecule has 11 rings (SSSR count). The Morgan fingerprint density at radius 3 is 1.28 bits per heavy atom. The first-order valence-corrected chi connectivity index (χ1v) is 26.6. The number of aliphatic hydroxyl groups excluding tert-OH is 1. The van der Waals surface area contributed by atoms with Gasteiger partial charge in [-0.25, -0.2) is 9.59 Å². The van der Waals surface area contributed by atoms with E-state index in [1.807, 2.05) is 54.6 Å². The molecule has 0 amide bonds. The number of aliphatic hydroxyl groups is 1. The van der Waals surface area contributed by atoms with Crippen molar-refractivity contribution in [1.29, 1.82) is 0 Å². The molecule has 8 aliphatic rings. The number of likely N-dealkylation sites (tertiary alicyclic amines) is 2. The van der Waals surface area contributed by atoms with Gasteiger partial charge in [-0.3, -0.25) is 4.79 Å². The lowest BCUT2D eigenvalue weighted by molar-refractivity contribution is -0.0286. The Balaban J connectivity index is 0.000000130. The summed E-state index contributed by atoms with van der Waals surface area (Å²) in [6.07, 6.45) is 26.6. The van der Waals surface area contributed by atoms with E-state index in [9.17, 15) is 14.4 Å². The van der Waals surface area contributed by atoms with Crippen molar-refractivity contribution in [1.82, 2.24) is 15.1 Å². The molecule has 0 atom stereocenters. The molecule has 0 bridgehead atoms. The molecule has 374 valence electrons. The summed E-state index contributed by atoms with van der Waals surface area (Å²) in [7, 11) is 2.82. The first-order valence-electron chi connectivity index (χ1n) is 26.6. The number of piperidine rings is 3. The molecule has 3 aromatic carbocycles. The largest absolute Gasteiger partial charge is 0.487 e. The van der Waals surface area contributed by atoms with Crippen LogP contribution < -0.4 is 19.5 Å². The molecule has 0 radical (unpaired) electrons. The summed E-state index contributed by atoms with van der Waals surface area (Å²) in [6, 6.07) is 18.6. The van der Waals surface area contributed by atoms with Crippen LogP contribution in [0, 0.1) is 0 Å². The van der Waals surface area contributed by atoms with E-state index in [2.05, 4.69) is 15.1 Å². The number of carbonyl (C=O) groups is 3. The molecule has 3 spiro atoms. The molecule has 2 saturated carbocycles. The van der Waals surface area contributed by atoms with Crippen LogP contribution in [0.2, 0.25) is 0 Å². The number of benzene rings is 3. The molecule has 3 saturated heterocycles. The van der Waals surface area contributed by atoms with Crippen molar-refractivity contribution in [2.45, 2.75) is 170 Å². The molecule has 2 aliphatic carbocycles. The van der Waals surface area contributed by atoms with Gasteiger partial charge in [0.05, 0.1) is 25.3 Å². The van der Waals surface area contributed by atoms with Crippen LogP contribution >= 0.6 is 0 Å². The highest BCUT2D eigenvalue weighted by Crippen LogP contribution is 2.43. The van der Waals surface area contributed by atoms with Gasteiger partial charge in [0.2, 0.25) is 0 Å². The van der Waals surface area contributed by atoms with E-state index >= 15 is 0 Å². The van der Waals surface area contributed by atoms with Crippen molar-refractivity contribution in [3.8, 4) is 17.2 Å². The van der Waals surface area contributed by atoms with Crippen molar-refractivity contribution < 1.29 is 43.2 Å². The van der Waals surface area contributed by atoms with Crippen molar-refractivity contribution in [2.24, 2.45) is 0 Å². The maximum atomic E-state index is 11.8. The van der Waals surface area contributed by atoms with Gasteiger partial charge in [0.25, 0.3) is 0 Å². The van der Waals surface area contributed by atoms with Crippen LogP contribution in [0.15, 0.2) is 54.6 Å². The number of aryl methyl sites for hydroxylation is 3. The van der Waals surface area contributed by atoms with Gasteiger partial charge in [0, 0.05) is 43.8 Å². The summed E-state index contributed by atoms with van der Waals surface area (Å²) in [5.41, 5.74) is 5.17. The predicted octanol–water partition coefficient (Wildman–Crippen LogP) is 9.24. The Kier molecular flexibility index (Phi) is 16.0. The minimum Gasteiger partial charge on any atom is -0.487 e. The Bertz CT molecular complexity index is 2130. The summed E-state index contributed by atoms with van der Waals surface area (Å²) in [5, 5.41) is 12.5. The third-order valence-electron chi connectivity index (χ3n) is 17.2. The number of hydrogen-bond donors (Lipinski definition) is 2. The van der Waals surface area contributed by atoms with Gasteiger partial charge in [-0.1, -0.05) is 62.8 Å². The van der Waals surface area contributed by atoms with Crippen LogP contribution in [0.1, 0.15) is 170 Å². The normalized spacial score (nSPS) is 22.9. The second-order valence-electron chi connectivity index (χ2n) is 21.3. The third-order valence-corrected chi connectivity index (χ3v) is 17.2. The zero-order valence-electron chi connectivity index (χ0n) is 41.5. The van der Waals surface area contributed by atoms with Crippen LogP contribution in [-0.2, 0) is 28.7 Å². The van der Waals surface area contributed by atoms with Gasteiger partial charge in [-0.05, 0) is 163 Å². The maximum Gasteiger partial charge on any atom is 0.337 e. The number of ether oxygens (including phenoxy) is 5. The lowest BCUT2D eigenvalue weighted by Gasteiger charge is -2.47. The second kappa shape index (κ2) is 22.3. The Labute approximate surface area is 410 Å². The monoisotopic (exact) mass is 948 g/mol. The smallest absolute Gasteiger partial charge is 0.337 e. The second-order valence-corrected chi connectivity index (χ2v) is 21.3. The highest BCUT2D eigenvalue weighted by atomic mass is 16.5. The molecule has 3 aromatic rings. The fourth-order valence-electron chi connectivity index (χ4n) is 12.7. The molecule has 12 heteroatoms. The highest BCUT2D eigenvalue weighted by molar-refractivity contribution is 5.97. The van der Waals surface area contributed by atoms with E-state index in [-0.39, 0.29) is 34.5 Å². The average Bonchev–Trinajstić information content (AvgIpc) is 3.41. The van der Waals surface area contributed by atoms with Gasteiger partial charge in [-0.2, -0.15) is 0 Å². The number of methoxy groups -OCH3 is 2.